The summed E-state index contributed by atoms with van der Waals surface area (Å²) in [6.45, 7) is 4.07. The molecule has 0 aliphatic heterocycles. The summed E-state index contributed by atoms with van der Waals surface area (Å²) in [7, 11) is 0. The van der Waals surface area contributed by atoms with Gasteiger partial charge in [-0.2, -0.15) is 0 Å². The van der Waals surface area contributed by atoms with Gasteiger partial charge in [0, 0.05) is 10.9 Å². The summed E-state index contributed by atoms with van der Waals surface area (Å²) in [5.74, 6) is -1.91. The van der Waals surface area contributed by atoms with Gasteiger partial charge in [-0.05, 0) is 48.7 Å². The number of hydrogen-bond acceptors (Lipinski definition) is 3. The molecule has 1 heterocycles. The van der Waals surface area contributed by atoms with Gasteiger partial charge in [0.15, 0.2) is 11.6 Å². The molecule has 0 saturated heterocycles. The van der Waals surface area contributed by atoms with Crippen molar-refractivity contribution in [1.29, 1.82) is 0 Å². The average Bonchev–Trinajstić information content (AvgIpc) is 3.02. The molecule has 0 fully saturated rings. The van der Waals surface area contributed by atoms with Crippen LogP contribution < -0.4 is 0 Å². The molecule has 3 rings (SSSR count). The van der Waals surface area contributed by atoms with E-state index in [0.29, 0.717) is 5.01 Å². The maximum absolute atomic E-state index is 13.3. The number of rotatable bonds is 3. The van der Waals surface area contributed by atoms with Crippen molar-refractivity contribution in [1.82, 2.24) is 4.98 Å². The zero-order chi connectivity index (χ0) is 16.6. The first kappa shape index (κ1) is 15.8. The summed E-state index contributed by atoms with van der Waals surface area (Å²) >= 11 is 1.29. The minimum atomic E-state index is -1.07. The maximum Gasteiger partial charge on any atom is 0.159 e. The maximum atomic E-state index is 13.3. The Morgan fingerprint density at radius 3 is 2.48 bits per heavy atom. The van der Waals surface area contributed by atoms with Crippen molar-refractivity contribution in [3.8, 4) is 11.3 Å². The number of aryl methyl sites for hydroxylation is 2. The highest BCUT2D eigenvalue weighted by molar-refractivity contribution is 7.10. The molecule has 23 heavy (non-hydrogen) atoms. The van der Waals surface area contributed by atoms with Crippen LogP contribution in [0.15, 0.2) is 41.8 Å². The third-order valence-corrected chi connectivity index (χ3v) is 4.72. The molecule has 0 aliphatic carbocycles. The fourth-order valence-electron chi connectivity index (χ4n) is 2.27. The predicted octanol–water partition coefficient (Wildman–Crippen LogP) is 4.79. The van der Waals surface area contributed by atoms with Crippen LogP contribution in [-0.2, 0) is 0 Å². The second-order valence-electron chi connectivity index (χ2n) is 5.45. The molecular formula is C18H15F2NOS. The van der Waals surface area contributed by atoms with Crippen LogP contribution >= 0.6 is 11.3 Å². The molecule has 1 unspecified atom stereocenters. The summed E-state index contributed by atoms with van der Waals surface area (Å²) in [6.07, 6.45) is -1.07. The molecule has 3 aromatic rings. The van der Waals surface area contributed by atoms with Gasteiger partial charge in [0.2, 0.25) is 0 Å². The molecule has 2 nitrogen and oxygen atoms in total. The minimum Gasteiger partial charge on any atom is -0.381 e. The van der Waals surface area contributed by atoms with Gasteiger partial charge in [0.1, 0.15) is 11.1 Å². The molecule has 2 aromatic carbocycles. The van der Waals surface area contributed by atoms with Crippen LogP contribution in [0.1, 0.15) is 27.8 Å². The predicted molar refractivity (Wildman–Crippen MR) is 87.4 cm³/mol. The third kappa shape index (κ3) is 3.16. The quantitative estimate of drug-likeness (QED) is 0.749. The van der Waals surface area contributed by atoms with Crippen molar-refractivity contribution >= 4 is 11.3 Å². The molecule has 5 heteroatoms. The second-order valence-corrected chi connectivity index (χ2v) is 6.34. The van der Waals surface area contributed by atoms with Crippen molar-refractivity contribution in [2.45, 2.75) is 20.0 Å². The van der Waals surface area contributed by atoms with E-state index in [1.807, 2.05) is 37.4 Å². The van der Waals surface area contributed by atoms with Crippen molar-refractivity contribution in [3.63, 3.8) is 0 Å². The minimum absolute atomic E-state index is 0.282. The average molecular weight is 331 g/mol. The monoisotopic (exact) mass is 331 g/mol. The van der Waals surface area contributed by atoms with Crippen LogP contribution in [-0.4, -0.2) is 10.1 Å². The Balaban J connectivity index is 1.91. The van der Waals surface area contributed by atoms with Crippen LogP contribution in [0, 0.1) is 25.5 Å². The van der Waals surface area contributed by atoms with E-state index in [1.165, 1.54) is 28.5 Å². The van der Waals surface area contributed by atoms with Gasteiger partial charge in [-0.15, -0.1) is 11.3 Å². The van der Waals surface area contributed by atoms with E-state index >= 15 is 0 Å². The van der Waals surface area contributed by atoms with Crippen LogP contribution in [0.5, 0.6) is 0 Å². The van der Waals surface area contributed by atoms with Crippen LogP contribution in [0.2, 0.25) is 0 Å². The molecule has 0 spiro atoms. The molecule has 0 aliphatic rings. The van der Waals surface area contributed by atoms with Crippen LogP contribution in [0.3, 0.4) is 0 Å². The first-order valence-corrected chi connectivity index (χ1v) is 7.99. The Bertz CT molecular complexity index is 860. The van der Waals surface area contributed by atoms with E-state index in [1.54, 1.807) is 0 Å². The Morgan fingerprint density at radius 1 is 1.00 bits per heavy atom. The van der Waals surface area contributed by atoms with Gasteiger partial charge in [-0.1, -0.05) is 18.2 Å². The molecule has 1 atom stereocenters. The largest absolute Gasteiger partial charge is 0.381 e. The third-order valence-electron chi connectivity index (χ3n) is 3.82. The molecule has 0 saturated carbocycles. The number of aromatic nitrogens is 1. The van der Waals surface area contributed by atoms with E-state index < -0.39 is 17.7 Å². The number of halogens is 2. The zero-order valence-corrected chi connectivity index (χ0v) is 13.5. The van der Waals surface area contributed by atoms with E-state index in [0.717, 1.165) is 23.4 Å². The second kappa shape index (κ2) is 6.18. The first-order chi connectivity index (χ1) is 11.0. The number of aliphatic hydroxyl groups excluding tert-OH is 1. The lowest BCUT2D eigenvalue weighted by Crippen LogP contribution is -2.00. The SMILES string of the molecule is Cc1ccc(-c2csc(C(O)c3ccc(F)c(F)c3)n2)cc1C. The number of hydrogen-bond donors (Lipinski definition) is 1. The highest BCUT2D eigenvalue weighted by atomic mass is 32.1. The highest BCUT2D eigenvalue weighted by Gasteiger charge is 2.17. The normalized spacial score (nSPS) is 12.4. The standard InChI is InChI=1S/C18H15F2NOS/c1-10-3-4-12(7-11(10)2)16-9-23-18(21-16)17(22)13-5-6-14(19)15(20)8-13/h3-9,17,22H,1-2H3. The molecule has 1 N–H and O–H groups in total. The lowest BCUT2D eigenvalue weighted by Gasteiger charge is -2.08. The fourth-order valence-corrected chi connectivity index (χ4v) is 3.11. The Kier molecular flexibility index (Phi) is 4.24. The molecule has 0 bridgehead atoms. The topological polar surface area (TPSA) is 33.1 Å². The number of benzene rings is 2. The summed E-state index contributed by atoms with van der Waals surface area (Å²) in [6, 6.07) is 9.40. The van der Waals surface area contributed by atoms with Crippen LogP contribution in [0.25, 0.3) is 11.3 Å². The van der Waals surface area contributed by atoms with Gasteiger partial charge in [0.05, 0.1) is 5.69 Å². The summed E-state index contributed by atoms with van der Waals surface area (Å²) in [5.41, 5.74) is 4.37. The van der Waals surface area contributed by atoms with Crippen molar-refractivity contribution in [3.05, 3.63) is 75.1 Å². The van der Waals surface area contributed by atoms with E-state index in [2.05, 4.69) is 4.98 Å². The first-order valence-electron chi connectivity index (χ1n) is 7.12. The summed E-state index contributed by atoms with van der Waals surface area (Å²) in [5, 5.41) is 12.6. The van der Waals surface area contributed by atoms with Crippen LogP contribution in [0.4, 0.5) is 8.78 Å². The number of nitrogens with zero attached hydrogens (tertiary/aromatic N) is 1. The molecule has 0 amide bonds. The van der Waals surface area contributed by atoms with Gasteiger partial charge < -0.3 is 5.11 Å². The Labute approximate surface area is 137 Å². The fraction of sp³-hybridized carbons (Fsp3) is 0.167. The van der Waals surface area contributed by atoms with Gasteiger partial charge in [-0.3, -0.25) is 0 Å². The summed E-state index contributed by atoms with van der Waals surface area (Å²) in [4.78, 5) is 4.43. The smallest absolute Gasteiger partial charge is 0.159 e. The van der Waals surface area contributed by atoms with Gasteiger partial charge in [-0.25, -0.2) is 13.8 Å². The molecule has 0 radical (unpaired) electrons. The van der Waals surface area contributed by atoms with E-state index in [4.69, 9.17) is 0 Å². The summed E-state index contributed by atoms with van der Waals surface area (Å²) < 4.78 is 26.3. The van der Waals surface area contributed by atoms with Crippen molar-refractivity contribution < 1.29 is 13.9 Å². The van der Waals surface area contributed by atoms with E-state index in [-0.39, 0.29) is 5.56 Å². The number of aliphatic hydroxyl groups is 1. The molecule has 118 valence electrons. The Morgan fingerprint density at radius 2 is 1.78 bits per heavy atom. The van der Waals surface area contributed by atoms with Crippen molar-refractivity contribution in [2.75, 3.05) is 0 Å². The zero-order valence-electron chi connectivity index (χ0n) is 12.7. The Hall–Kier alpha value is -2.11. The number of thiazole rings is 1. The van der Waals surface area contributed by atoms with Gasteiger partial charge >= 0.3 is 0 Å². The van der Waals surface area contributed by atoms with Gasteiger partial charge in [0.25, 0.3) is 0 Å². The lowest BCUT2D eigenvalue weighted by atomic mass is 10.0. The van der Waals surface area contributed by atoms with Crippen molar-refractivity contribution in [2.24, 2.45) is 0 Å². The lowest BCUT2D eigenvalue weighted by molar-refractivity contribution is 0.219. The highest BCUT2D eigenvalue weighted by Crippen LogP contribution is 2.30. The molecule has 1 aromatic heterocycles. The molecular weight excluding hydrogens is 316 g/mol. The van der Waals surface area contributed by atoms with E-state index in [9.17, 15) is 13.9 Å².